The molecule has 2 unspecified atom stereocenters. The summed E-state index contributed by atoms with van der Waals surface area (Å²) < 4.78 is 5.56. The van der Waals surface area contributed by atoms with Gasteiger partial charge >= 0.3 is 0 Å². The summed E-state index contributed by atoms with van der Waals surface area (Å²) in [5, 5.41) is 3.71. The Morgan fingerprint density at radius 3 is 2.42 bits per heavy atom. The first-order valence-electron chi connectivity index (χ1n) is 7.80. The van der Waals surface area contributed by atoms with Crippen molar-refractivity contribution in [1.82, 2.24) is 15.1 Å². The van der Waals surface area contributed by atoms with E-state index >= 15 is 0 Å². The summed E-state index contributed by atoms with van der Waals surface area (Å²) in [5.74, 6) is 0. The molecule has 19 heavy (non-hydrogen) atoms. The third-order valence-corrected chi connectivity index (χ3v) is 4.86. The lowest BCUT2D eigenvalue weighted by Gasteiger charge is -2.50. The van der Waals surface area contributed by atoms with E-state index in [9.17, 15) is 0 Å². The zero-order valence-electron chi connectivity index (χ0n) is 13.1. The van der Waals surface area contributed by atoms with Crippen LogP contribution in [0.1, 0.15) is 33.6 Å². The topological polar surface area (TPSA) is 27.7 Å². The smallest absolute Gasteiger partial charge is 0.0623 e. The lowest BCUT2D eigenvalue weighted by Crippen LogP contribution is -2.66. The van der Waals surface area contributed by atoms with Gasteiger partial charge in [0.15, 0.2) is 0 Å². The predicted molar refractivity (Wildman–Crippen MR) is 79.6 cm³/mol. The average molecular weight is 269 g/mol. The minimum Gasteiger partial charge on any atom is -0.379 e. The standard InChI is InChI=1S/C15H31N3O/c1-5-16-13(6-7-15(2,3)19-4)14-12-17-8-10-18(14)11-9-17/h13-14,16H,5-12H2,1-4H3. The first-order valence-corrected chi connectivity index (χ1v) is 7.80. The molecule has 3 aliphatic rings. The molecule has 0 saturated carbocycles. The quantitative estimate of drug-likeness (QED) is 0.751. The van der Waals surface area contributed by atoms with Crippen LogP contribution in [0.5, 0.6) is 0 Å². The van der Waals surface area contributed by atoms with Gasteiger partial charge in [-0.3, -0.25) is 9.80 Å². The van der Waals surface area contributed by atoms with Crippen LogP contribution in [0.25, 0.3) is 0 Å². The largest absolute Gasteiger partial charge is 0.379 e. The van der Waals surface area contributed by atoms with Crippen molar-refractivity contribution in [2.24, 2.45) is 0 Å². The van der Waals surface area contributed by atoms with E-state index in [4.69, 9.17) is 4.74 Å². The van der Waals surface area contributed by atoms with E-state index in [1.807, 2.05) is 7.11 Å². The summed E-state index contributed by atoms with van der Waals surface area (Å²) in [7, 11) is 1.82. The molecule has 0 aromatic heterocycles. The third-order valence-electron chi connectivity index (χ3n) is 4.86. The molecule has 2 atom stereocenters. The van der Waals surface area contributed by atoms with Crippen molar-refractivity contribution in [3.8, 4) is 0 Å². The van der Waals surface area contributed by atoms with Gasteiger partial charge in [0.2, 0.25) is 0 Å². The maximum atomic E-state index is 5.56. The molecule has 0 radical (unpaired) electrons. The van der Waals surface area contributed by atoms with Crippen LogP contribution in [-0.4, -0.2) is 73.9 Å². The minimum absolute atomic E-state index is 0.00300. The molecule has 0 aliphatic carbocycles. The van der Waals surface area contributed by atoms with E-state index in [1.54, 1.807) is 0 Å². The highest BCUT2D eigenvalue weighted by Crippen LogP contribution is 2.23. The number of ether oxygens (including phenoxy) is 1. The normalized spacial score (nSPS) is 32.5. The summed E-state index contributed by atoms with van der Waals surface area (Å²) >= 11 is 0. The molecule has 0 aromatic carbocycles. The first kappa shape index (κ1) is 15.2. The van der Waals surface area contributed by atoms with Gasteiger partial charge in [-0.1, -0.05) is 6.92 Å². The van der Waals surface area contributed by atoms with Gasteiger partial charge in [-0.15, -0.1) is 0 Å². The van der Waals surface area contributed by atoms with Gasteiger partial charge in [0, 0.05) is 51.9 Å². The summed E-state index contributed by atoms with van der Waals surface area (Å²) in [6.07, 6.45) is 2.31. The molecule has 4 nitrogen and oxygen atoms in total. The Balaban J connectivity index is 1.92. The number of likely N-dealkylation sites (N-methyl/N-ethyl adjacent to an activating group) is 1. The molecule has 3 fully saturated rings. The Hall–Kier alpha value is -0.160. The molecule has 0 aromatic rings. The number of fused-ring (bicyclic) bond motifs is 3. The zero-order chi connectivity index (χ0) is 13.9. The Kier molecular flexibility index (Phi) is 5.23. The van der Waals surface area contributed by atoms with Gasteiger partial charge in [-0.05, 0) is 33.2 Å². The van der Waals surface area contributed by atoms with Gasteiger partial charge in [0.05, 0.1) is 5.60 Å². The summed E-state index contributed by atoms with van der Waals surface area (Å²) in [4.78, 5) is 5.31. The van der Waals surface area contributed by atoms with Crippen molar-refractivity contribution in [3.63, 3.8) is 0 Å². The van der Waals surface area contributed by atoms with Crippen LogP contribution >= 0.6 is 0 Å². The number of methoxy groups -OCH3 is 1. The predicted octanol–water partition coefficient (Wildman–Crippen LogP) is 1.17. The van der Waals surface area contributed by atoms with Crippen molar-refractivity contribution in [2.45, 2.75) is 51.3 Å². The monoisotopic (exact) mass is 269 g/mol. The molecule has 112 valence electrons. The fourth-order valence-electron chi connectivity index (χ4n) is 3.34. The minimum atomic E-state index is -0.00300. The molecular formula is C15H31N3O. The molecule has 1 N–H and O–H groups in total. The van der Waals surface area contributed by atoms with E-state index in [0.29, 0.717) is 12.1 Å². The van der Waals surface area contributed by atoms with Crippen LogP contribution in [0.4, 0.5) is 0 Å². The van der Waals surface area contributed by atoms with E-state index < -0.39 is 0 Å². The van der Waals surface area contributed by atoms with E-state index in [2.05, 4.69) is 35.9 Å². The summed E-state index contributed by atoms with van der Waals surface area (Å²) in [6.45, 7) is 13.9. The molecule has 3 rings (SSSR count). The van der Waals surface area contributed by atoms with E-state index in [1.165, 1.54) is 39.1 Å². The SMILES string of the molecule is CCNC(CCC(C)(C)OC)C1CN2CCN1CC2. The number of nitrogens with zero attached hydrogens (tertiary/aromatic N) is 2. The highest BCUT2D eigenvalue weighted by atomic mass is 16.5. The highest BCUT2D eigenvalue weighted by molar-refractivity contribution is 4.95. The van der Waals surface area contributed by atoms with E-state index in [0.717, 1.165) is 13.0 Å². The van der Waals surface area contributed by atoms with Gasteiger partial charge in [-0.25, -0.2) is 0 Å². The average Bonchev–Trinajstić information content (AvgIpc) is 2.44. The van der Waals surface area contributed by atoms with Crippen LogP contribution < -0.4 is 5.32 Å². The summed E-state index contributed by atoms with van der Waals surface area (Å²) in [5.41, 5.74) is -0.00300. The maximum Gasteiger partial charge on any atom is 0.0623 e. The molecule has 3 aliphatic heterocycles. The van der Waals surface area contributed by atoms with Gasteiger partial charge in [0.25, 0.3) is 0 Å². The summed E-state index contributed by atoms with van der Waals surface area (Å²) in [6, 6.07) is 1.29. The Bertz CT molecular complexity index is 275. The lowest BCUT2D eigenvalue weighted by molar-refractivity contribution is -0.0172. The number of hydrogen-bond acceptors (Lipinski definition) is 4. The van der Waals surface area contributed by atoms with Gasteiger partial charge in [-0.2, -0.15) is 0 Å². The molecule has 3 heterocycles. The Labute approximate surface area is 118 Å². The van der Waals surface area contributed by atoms with Crippen molar-refractivity contribution in [1.29, 1.82) is 0 Å². The number of nitrogens with one attached hydrogen (secondary N) is 1. The maximum absolute atomic E-state index is 5.56. The van der Waals surface area contributed by atoms with Crippen molar-refractivity contribution in [2.75, 3.05) is 46.4 Å². The van der Waals surface area contributed by atoms with Crippen LogP contribution in [0.2, 0.25) is 0 Å². The van der Waals surface area contributed by atoms with E-state index in [-0.39, 0.29) is 5.60 Å². The van der Waals surface area contributed by atoms with Crippen LogP contribution in [0.3, 0.4) is 0 Å². The Morgan fingerprint density at radius 1 is 1.26 bits per heavy atom. The van der Waals surface area contributed by atoms with Gasteiger partial charge < -0.3 is 10.1 Å². The van der Waals surface area contributed by atoms with Crippen LogP contribution in [-0.2, 0) is 4.74 Å². The van der Waals surface area contributed by atoms with Crippen molar-refractivity contribution < 1.29 is 4.74 Å². The molecule has 4 heteroatoms. The number of piperazine rings is 3. The first-order chi connectivity index (χ1) is 9.05. The lowest BCUT2D eigenvalue weighted by atomic mass is 9.92. The van der Waals surface area contributed by atoms with Gasteiger partial charge in [0.1, 0.15) is 0 Å². The fourth-order valence-corrected chi connectivity index (χ4v) is 3.34. The zero-order valence-corrected chi connectivity index (χ0v) is 13.1. The fraction of sp³-hybridized carbons (Fsp3) is 1.00. The van der Waals surface area contributed by atoms with Crippen LogP contribution in [0, 0.1) is 0 Å². The molecular weight excluding hydrogens is 238 g/mol. The number of rotatable bonds is 7. The third kappa shape index (κ3) is 3.91. The number of hydrogen-bond donors (Lipinski definition) is 1. The molecule has 3 saturated heterocycles. The second-order valence-corrected chi connectivity index (χ2v) is 6.57. The second-order valence-electron chi connectivity index (χ2n) is 6.57. The van der Waals surface area contributed by atoms with Crippen molar-refractivity contribution >= 4 is 0 Å². The molecule has 0 spiro atoms. The Morgan fingerprint density at radius 2 is 1.95 bits per heavy atom. The van der Waals surface area contributed by atoms with Crippen LogP contribution in [0.15, 0.2) is 0 Å². The molecule has 2 bridgehead atoms. The highest BCUT2D eigenvalue weighted by Gasteiger charge is 2.36. The second kappa shape index (κ2) is 6.53. The van der Waals surface area contributed by atoms with Crippen molar-refractivity contribution in [3.05, 3.63) is 0 Å². The molecule has 0 amide bonds.